The molecule has 0 spiro atoms. The maximum absolute atomic E-state index is 4.78. The predicted octanol–water partition coefficient (Wildman–Crippen LogP) is 5.83. The molecule has 0 saturated carbocycles. The van der Waals surface area contributed by atoms with E-state index in [0.717, 1.165) is 38.5 Å². The van der Waals surface area contributed by atoms with Crippen molar-refractivity contribution in [1.29, 1.82) is 0 Å². The molecule has 0 aliphatic heterocycles. The zero-order valence-electron chi connectivity index (χ0n) is 17.7. The fourth-order valence-corrected chi connectivity index (χ4v) is 4.04. The van der Waals surface area contributed by atoms with Gasteiger partial charge in [-0.3, -0.25) is 0 Å². The Morgan fingerprint density at radius 2 is 1.70 bits per heavy atom. The molecule has 0 fully saturated rings. The zero-order chi connectivity index (χ0) is 20.3. The van der Waals surface area contributed by atoms with Crippen molar-refractivity contribution in [2.24, 2.45) is 0 Å². The van der Waals surface area contributed by atoms with Gasteiger partial charge in [0.15, 0.2) is 0 Å². The Morgan fingerprint density at radius 1 is 0.967 bits per heavy atom. The average molecular weight is 572 g/mol. The molecule has 0 atom stereocenters. The summed E-state index contributed by atoms with van der Waals surface area (Å²) in [6, 6.07) is 12.7. The standard InChI is InChI=1S/C25H23N4.Ir/c1-15-7-6-8-16(2)22(15)29-12-11-17-13-26-21-18(23(17)29)9-10-20-19(21)14-27-24(28-20)25(3,4)5;/h6-13H,1-5H3;/q-1;. The fourth-order valence-electron chi connectivity index (χ4n) is 4.04. The van der Waals surface area contributed by atoms with Crippen molar-refractivity contribution in [3.05, 3.63) is 71.9 Å². The Hall–Kier alpha value is -2.62. The number of hydrogen-bond acceptors (Lipinski definition) is 3. The molecule has 30 heavy (non-hydrogen) atoms. The van der Waals surface area contributed by atoms with Crippen LogP contribution in [-0.4, -0.2) is 19.5 Å². The van der Waals surface area contributed by atoms with Crippen LogP contribution in [0.5, 0.6) is 0 Å². The number of fused-ring (bicyclic) bond motifs is 5. The Bertz CT molecular complexity index is 1390. The second-order valence-corrected chi connectivity index (χ2v) is 8.75. The predicted molar refractivity (Wildman–Crippen MR) is 119 cm³/mol. The van der Waals surface area contributed by atoms with E-state index in [4.69, 9.17) is 9.97 Å². The van der Waals surface area contributed by atoms with Gasteiger partial charge in [-0.1, -0.05) is 56.5 Å². The summed E-state index contributed by atoms with van der Waals surface area (Å²) in [6.07, 6.45) is 7.29. The number of para-hydroxylation sites is 1. The van der Waals surface area contributed by atoms with Crippen molar-refractivity contribution in [3.8, 4) is 5.69 Å². The quantitative estimate of drug-likeness (QED) is 0.188. The second-order valence-electron chi connectivity index (χ2n) is 8.75. The third-order valence-electron chi connectivity index (χ3n) is 5.51. The topological polar surface area (TPSA) is 43.6 Å². The van der Waals surface area contributed by atoms with Gasteiger partial charge in [0, 0.05) is 49.2 Å². The first-order valence-electron chi connectivity index (χ1n) is 9.90. The summed E-state index contributed by atoms with van der Waals surface area (Å²) in [5.41, 5.74) is 6.53. The second kappa shape index (κ2) is 7.26. The largest absolute Gasteiger partial charge is 0.338 e. The van der Waals surface area contributed by atoms with Crippen molar-refractivity contribution in [2.75, 3.05) is 0 Å². The molecule has 3 aromatic heterocycles. The third-order valence-corrected chi connectivity index (χ3v) is 5.51. The molecular formula is C25H23IrN4-. The summed E-state index contributed by atoms with van der Waals surface area (Å²) in [5.74, 6) is 0.796. The molecule has 5 heteroatoms. The fraction of sp³-hybridized carbons (Fsp3) is 0.240. The van der Waals surface area contributed by atoms with E-state index in [0.29, 0.717) is 0 Å². The first-order chi connectivity index (χ1) is 13.8. The van der Waals surface area contributed by atoms with E-state index in [-0.39, 0.29) is 25.5 Å². The van der Waals surface area contributed by atoms with Gasteiger partial charge in [0.2, 0.25) is 0 Å². The maximum atomic E-state index is 4.78. The van der Waals surface area contributed by atoms with Crippen molar-refractivity contribution in [3.63, 3.8) is 0 Å². The van der Waals surface area contributed by atoms with Gasteiger partial charge in [-0.05, 0) is 53.6 Å². The summed E-state index contributed by atoms with van der Waals surface area (Å²) in [7, 11) is 0. The van der Waals surface area contributed by atoms with E-state index < -0.39 is 0 Å². The SMILES string of the molecule is Cc1cccc(C)c1-n1ccc2cnc3c4[c-]nc(C(C)(C)C)nc4ccc3c21.[Ir]. The van der Waals surface area contributed by atoms with Crippen molar-refractivity contribution in [2.45, 2.75) is 40.0 Å². The third kappa shape index (κ3) is 3.13. The van der Waals surface area contributed by atoms with E-state index in [1.807, 2.05) is 6.20 Å². The van der Waals surface area contributed by atoms with Crippen LogP contribution in [0, 0.1) is 20.0 Å². The summed E-state index contributed by atoms with van der Waals surface area (Å²) in [6.45, 7) is 10.7. The molecule has 0 bridgehead atoms. The van der Waals surface area contributed by atoms with Crippen LogP contribution in [0.4, 0.5) is 0 Å². The molecule has 153 valence electrons. The Morgan fingerprint density at radius 3 is 2.40 bits per heavy atom. The normalized spacial score (nSPS) is 11.9. The average Bonchev–Trinajstić information content (AvgIpc) is 3.10. The minimum Gasteiger partial charge on any atom is -0.338 e. The van der Waals surface area contributed by atoms with Crippen LogP contribution >= 0.6 is 0 Å². The van der Waals surface area contributed by atoms with E-state index >= 15 is 0 Å². The molecule has 5 rings (SSSR count). The van der Waals surface area contributed by atoms with E-state index in [9.17, 15) is 0 Å². The van der Waals surface area contributed by atoms with E-state index in [1.54, 1.807) is 0 Å². The van der Waals surface area contributed by atoms with Gasteiger partial charge in [0.25, 0.3) is 0 Å². The van der Waals surface area contributed by atoms with Gasteiger partial charge >= 0.3 is 0 Å². The molecule has 0 saturated heterocycles. The van der Waals surface area contributed by atoms with Crippen molar-refractivity contribution < 1.29 is 20.1 Å². The van der Waals surface area contributed by atoms with Gasteiger partial charge < -0.3 is 19.5 Å². The van der Waals surface area contributed by atoms with Crippen LogP contribution in [0.3, 0.4) is 0 Å². The van der Waals surface area contributed by atoms with Crippen LogP contribution in [-0.2, 0) is 25.5 Å². The van der Waals surface area contributed by atoms with Crippen LogP contribution < -0.4 is 0 Å². The van der Waals surface area contributed by atoms with Crippen LogP contribution in [0.1, 0.15) is 37.7 Å². The van der Waals surface area contributed by atoms with Gasteiger partial charge in [0.1, 0.15) is 0 Å². The molecule has 0 N–H and O–H groups in total. The number of pyridine rings is 1. The molecule has 3 heterocycles. The van der Waals surface area contributed by atoms with E-state index in [2.05, 4.69) is 93.0 Å². The molecule has 0 aliphatic carbocycles. The van der Waals surface area contributed by atoms with Gasteiger partial charge in [-0.15, -0.1) is 0 Å². The smallest absolute Gasteiger partial charge is 0.0544 e. The number of hydrogen-bond donors (Lipinski definition) is 0. The molecule has 1 radical (unpaired) electrons. The van der Waals surface area contributed by atoms with Crippen LogP contribution in [0.15, 0.2) is 48.8 Å². The molecular weight excluding hydrogens is 549 g/mol. The van der Waals surface area contributed by atoms with Crippen LogP contribution in [0.25, 0.3) is 38.4 Å². The maximum Gasteiger partial charge on any atom is 0.0544 e. The Labute approximate surface area is 189 Å². The van der Waals surface area contributed by atoms with Gasteiger partial charge in [-0.25, -0.2) is 0 Å². The summed E-state index contributed by atoms with van der Waals surface area (Å²) in [5, 5.41) is 3.07. The summed E-state index contributed by atoms with van der Waals surface area (Å²) in [4.78, 5) is 14.1. The molecule has 2 aromatic carbocycles. The first kappa shape index (κ1) is 20.6. The van der Waals surface area contributed by atoms with Crippen molar-refractivity contribution in [1.82, 2.24) is 19.5 Å². The van der Waals surface area contributed by atoms with Crippen molar-refractivity contribution >= 4 is 32.7 Å². The number of aromatic nitrogens is 4. The summed E-state index contributed by atoms with van der Waals surface area (Å²) >= 11 is 0. The Kier molecular flexibility index (Phi) is 5.00. The molecule has 5 aromatic rings. The number of aryl methyl sites for hydroxylation is 2. The summed E-state index contributed by atoms with van der Waals surface area (Å²) < 4.78 is 2.28. The van der Waals surface area contributed by atoms with Gasteiger partial charge in [0.05, 0.1) is 11.2 Å². The van der Waals surface area contributed by atoms with Crippen LogP contribution in [0.2, 0.25) is 0 Å². The number of nitrogens with zero attached hydrogens (tertiary/aromatic N) is 4. The number of benzene rings is 2. The monoisotopic (exact) mass is 572 g/mol. The zero-order valence-corrected chi connectivity index (χ0v) is 20.1. The molecule has 0 aliphatic rings. The molecule has 4 nitrogen and oxygen atoms in total. The molecule has 0 amide bonds. The Balaban J connectivity index is 0.00000218. The van der Waals surface area contributed by atoms with E-state index in [1.165, 1.54) is 16.8 Å². The first-order valence-corrected chi connectivity index (χ1v) is 9.90. The number of rotatable bonds is 1. The minimum absolute atomic E-state index is 0. The minimum atomic E-state index is -0.117. The molecule has 0 unspecified atom stereocenters. The van der Waals surface area contributed by atoms with Gasteiger partial charge in [-0.2, -0.15) is 0 Å².